The number of carbonyl (C=O) groups excluding carboxylic acids is 2. The normalized spacial score (nSPS) is 21.9. The molecule has 0 spiro atoms. The lowest BCUT2D eigenvalue weighted by atomic mass is 9.78. The van der Waals surface area contributed by atoms with E-state index < -0.39 is 5.97 Å². The maximum Gasteiger partial charge on any atom is 0.331 e. The van der Waals surface area contributed by atoms with E-state index >= 15 is 0 Å². The SMILES string of the molecule is COc1ccc(/C=C/C(=O)OCC(=O)N2CCC[C@@H]3CCCC[C@@H]32)cc1OC. The fraction of sp³-hybridized carbons (Fsp3) is 0.545. The number of ether oxygens (including phenoxy) is 3. The summed E-state index contributed by atoms with van der Waals surface area (Å²) in [7, 11) is 3.13. The Morgan fingerprint density at radius 2 is 1.82 bits per heavy atom. The maximum absolute atomic E-state index is 12.6. The highest BCUT2D eigenvalue weighted by molar-refractivity contribution is 5.89. The average Bonchev–Trinajstić information content (AvgIpc) is 2.75. The summed E-state index contributed by atoms with van der Waals surface area (Å²) < 4.78 is 15.6. The zero-order valence-corrected chi connectivity index (χ0v) is 16.7. The minimum atomic E-state index is -0.527. The number of hydrogen-bond donors (Lipinski definition) is 0. The molecule has 2 fully saturated rings. The van der Waals surface area contributed by atoms with Crippen molar-refractivity contribution in [3.8, 4) is 11.5 Å². The molecule has 6 nitrogen and oxygen atoms in total. The number of benzene rings is 1. The van der Waals surface area contributed by atoms with Gasteiger partial charge in [0.1, 0.15) is 0 Å². The molecule has 0 aromatic heterocycles. The standard InChI is InChI=1S/C22H29NO5/c1-26-19-11-9-16(14-20(19)27-2)10-12-22(25)28-15-21(24)23-13-5-7-17-6-3-4-8-18(17)23/h9-12,14,17-18H,3-8,13,15H2,1-2H3/b12-10+/t17-,18-/m0/s1. The lowest BCUT2D eigenvalue weighted by Crippen LogP contribution is -2.50. The third-order valence-electron chi connectivity index (χ3n) is 5.72. The number of rotatable bonds is 6. The summed E-state index contributed by atoms with van der Waals surface area (Å²) in [5.41, 5.74) is 0.780. The summed E-state index contributed by atoms with van der Waals surface area (Å²) in [5.74, 6) is 1.22. The van der Waals surface area contributed by atoms with Crippen LogP contribution in [0.1, 0.15) is 44.1 Å². The number of methoxy groups -OCH3 is 2. The van der Waals surface area contributed by atoms with Gasteiger partial charge in [0.15, 0.2) is 18.1 Å². The van der Waals surface area contributed by atoms with E-state index in [1.807, 2.05) is 11.0 Å². The first-order valence-electron chi connectivity index (χ1n) is 9.98. The Balaban J connectivity index is 1.52. The summed E-state index contributed by atoms with van der Waals surface area (Å²) >= 11 is 0. The van der Waals surface area contributed by atoms with Crippen LogP contribution in [0.15, 0.2) is 24.3 Å². The quantitative estimate of drug-likeness (QED) is 0.553. The van der Waals surface area contributed by atoms with Gasteiger partial charge in [-0.05, 0) is 55.4 Å². The van der Waals surface area contributed by atoms with E-state index in [0.29, 0.717) is 23.5 Å². The highest BCUT2D eigenvalue weighted by atomic mass is 16.5. The van der Waals surface area contributed by atoms with Crippen LogP contribution in [0, 0.1) is 5.92 Å². The summed E-state index contributed by atoms with van der Waals surface area (Å²) in [4.78, 5) is 26.6. The summed E-state index contributed by atoms with van der Waals surface area (Å²) in [6, 6.07) is 5.68. The molecule has 1 aliphatic heterocycles. The molecule has 152 valence electrons. The lowest BCUT2D eigenvalue weighted by Gasteiger charge is -2.44. The Bertz CT molecular complexity index is 728. The van der Waals surface area contributed by atoms with E-state index in [9.17, 15) is 9.59 Å². The third-order valence-corrected chi connectivity index (χ3v) is 5.72. The third kappa shape index (κ3) is 4.86. The van der Waals surface area contributed by atoms with Crippen molar-refractivity contribution < 1.29 is 23.8 Å². The zero-order valence-electron chi connectivity index (χ0n) is 16.7. The van der Waals surface area contributed by atoms with Crippen molar-refractivity contribution in [2.45, 2.75) is 44.6 Å². The number of carbonyl (C=O) groups is 2. The molecule has 0 unspecified atom stereocenters. The summed E-state index contributed by atoms with van der Waals surface area (Å²) in [5, 5.41) is 0. The Morgan fingerprint density at radius 3 is 2.61 bits per heavy atom. The molecule has 0 radical (unpaired) electrons. The van der Waals surface area contributed by atoms with Gasteiger partial charge in [0, 0.05) is 18.7 Å². The first-order valence-corrected chi connectivity index (χ1v) is 9.98. The van der Waals surface area contributed by atoms with Crippen LogP contribution in [-0.4, -0.2) is 50.2 Å². The minimum absolute atomic E-state index is 0.0792. The van der Waals surface area contributed by atoms with Gasteiger partial charge in [-0.15, -0.1) is 0 Å². The zero-order chi connectivity index (χ0) is 19.9. The largest absolute Gasteiger partial charge is 0.493 e. The van der Waals surface area contributed by atoms with Crippen molar-refractivity contribution >= 4 is 18.0 Å². The Hall–Kier alpha value is -2.50. The van der Waals surface area contributed by atoms with E-state index in [1.54, 1.807) is 32.4 Å². The van der Waals surface area contributed by atoms with E-state index in [-0.39, 0.29) is 12.5 Å². The van der Waals surface area contributed by atoms with Crippen LogP contribution in [0.3, 0.4) is 0 Å². The smallest absolute Gasteiger partial charge is 0.331 e. The molecule has 1 heterocycles. The van der Waals surface area contributed by atoms with Crippen LogP contribution in [0.4, 0.5) is 0 Å². The molecule has 1 amide bonds. The Morgan fingerprint density at radius 1 is 1.07 bits per heavy atom. The number of piperidine rings is 1. The van der Waals surface area contributed by atoms with E-state index in [4.69, 9.17) is 14.2 Å². The number of amides is 1. The second kappa shape index (κ2) is 9.62. The van der Waals surface area contributed by atoms with E-state index in [1.165, 1.54) is 31.8 Å². The predicted octanol–water partition coefficient (Wildman–Crippen LogP) is 3.44. The van der Waals surface area contributed by atoms with Gasteiger partial charge in [-0.3, -0.25) is 4.79 Å². The molecule has 1 saturated carbocycles. The van der Waals surface area contributed by atoms with Crippen molar-refractivity contribution in [1.29, 1.82) is 0 Å². The number of nitrogens with zero attached hydrogens (tertiary/aromatic N) is 1. The van der Waals surface area contributed by atoms with Crippen molar-refractivity contribution in [1.82, 2.24) is 4.90 Å². The van der Waals surface area contributed by atoms with Gasteiger partial charge in [-0.25, -0.2) is 4.79 Å². The highest BCUT2D eigenvalue weighted by Gasteiger charge is 2.35. The minimum Gasteiger partial charge on any atom is -0.493 e. The van der Waals surface area contributed by atoms with Crippen LogP contribution in [-0.2, 0) is 14.3 Å². The molecule has 28 heavy (non-hydrogen) atoms. The molecule has 1 saturated heterocycles. The summed E-state index contributed by atoms with van der Waals surface area (Å²) in [6.07, 6.45) is 9.94. The number of esters is 1. The molecule has 6 heteroatoms. The maximum atomic E-state index is 12.6. The van der Waals surface area contributed by atoms with Gasteiger partial charge in [0.2, 0.25) is 0 Å². The van der Waals surface area contributed by atoms with Gasteiger partial charge in [0.25, 0.3) is 5.91 Å². The molecule has 0 N–H and O–H groups in total. The predicted molar refractivity (Wildman–Crippen MR) is 106 cm³/mol. The molecule has 2 atom stereocenters. The van der Waals surface area contributed by atoms with E-state index in [0.717, 1.165) is 24.9 Å². The topological polar surface area (TPSA) is 65.1 Å². The van der Waals surface area contributed by atoms with Gasteiger partial charge < -0.3 is 19.1 Å². The molecule has 1 aliphatic carbocycles. The molecule has 0 bridgehead atoms. The molecule has 3 rings (SSSR count). The number of hydrogen-bond acceptors (Lipinski definition) is 5. The molecule has 1 aromatic rings. The molecule has 2 aliphatic rings. The molecular weight excluding hydrogens is 358 g/mol. The van der Waals surface area contributed by atoms with Crippen molar-refractivity contribution in [3.63, 3.8) is 0 Å². The second-order valence-electron chi connectivity index (χ2n) is 7.40. The number of likely N-dealkylation sites (tertiary alicyclic amines) is 1. The monoisotopic (exact) mass is 387 g/mol. The highest BCUT2D eigenvalue weighted by Crippen LogP contribution is 2.35. The van der Waals surface area contributed by atoms with Gasteiger partial charge >= 0.3 is 5.97 Å². The summed E-state index contributed by atoms with van der Waals surface area (Å²) in [6.45, 7) is 0.581. The van der Waals surface area contributed by atoms with Crippen molar-refractivity contribution in [3.05, 3.63) is 29.8 Å². The fourth-order valence-corrected chi connectivity index (χ4v) is 4.32. The second-order valence-corrected chi connectivity index (χ2v) is 7.40. The average molecular weight is 387 g/mol. The van der Waals surface area contributed by atoms with Gasteiger partial charge in [-0.2, -0.15) is 0 Å². The van der Waals surface area contributed by atoms with Crippen molar-refractivity contribution in [2.24, 2.45) is 5.92 Å². The van der Waals surface area contributed by atoms with E-state index in [2.05, 4.69) is 0 Å². The first-order chi connectivity index (χ1) is 13.6. The Labute approximate surface area is 166 Å². The van der Waals surface area contributed by atoms with Crippen LogP contribution in [0.25, 0.3) is 6.08 Å². The van der Waals surface area contributed by atoms with Crippen LogP contribution < -0.4 is 9.47 Å². The number of fused-ring (bicyclic) bond motifs is 1. The first kappa shape index (κ1) is 20.2. The van der Waals surface area contributed by atoms with Crippen LogP contribution >= 0.6 is 0 Å². The molecular formula is C22H29NO5. The molecule has 1 aromatic carbocycles. The Kier molecular flexibility index (Phi) is 6.95. The van der Waals surface area contributed by atoms with Gasteiger partial charge in [0.05, 0.1) is 14.2 Å². The van der Waals surface area contributed by atoms with Crippen molar-refractivity contribution in [2.75, 3.05) is 27.4 Å². The fourth-order valence-electron chi connectivity index (χ4n) is 4.32. The van der Waals surface area contributed by atoms with Crippen LogP contribution in [0.2, 0.25) is 0 Å². The van der Waals surface area contributed by atoms with Crippen LogP contribution in [0.5, 0.6) is 11.5 Å². The lowest BCUT2D eigenvalue weighted by molar-refractivity contribution is -0.151. The van der Waals surface area contributed by atoms with Gasteiger partial charge in [-0.1, -0.05) is 18.9 Å².